The maximum atomic E-state index is 13.9. The van der Waals surface area contributed by atoms with E-state index in [0.29, 0.717) is 0 Å². The fourth-order valence-corrected chi connectivity index (χ4v) is 1.65. The molecule has 2 rings (SSSR count). The average molecular weight is 281 g/mol. The van der Waals surface area contributed by atoms with Crippen LogP contribution in [0, 0.1) is 17.5 Å². The van der Waals surface area contributed by atoms with Gasteiger partial charge in [-0.15, -0.1) is 0 Å². The molecule has 1 aromatic carbocycles. The topological polar surface area (TPSA) is 39.2 Å². The Labute approximate surface area is 113 Å². The molecular formula is C14H10F3NO2. The Hall–Kier alpha value is -2.37. The van der Waals surface area contributed by atoms with Crippen LogP contribution >= 0.6 is 0 Å². The van der Waals surface area contributed by atoms with Gasteiger partial charge in [-0.25, -0.2) is 18.0 Å². The average Bonchev–Trinajstić information content (AvgIpc) is 2.42. The number of halogens is 3. The van der Waals surface area contributed by atoms with Gasteiger partial charge in [-0.2, -0.15) is 0 Å². The van der Waals surface area contributed by atoms with Gasteiger partial charge in [0.25, 0.3) is 0 Å². The molecule has 1 heterocycles. The summed E-state index contributed by atoms with van der Waals surface area (Å²) in [4.78, 5) is 15.1. The molecule has 0 saturated heterocycles. The second kappa shape index (κ2) is 5.73. The maximum Gasteiger partial charge on any atom is 0.339 e. The van der Waals surface area contributed by atoms with Crippen LogP contribution < -0.4 is 0 Å². The summed E-state index contributed by atoms with van der Waals surface area (Å²) in [6.07, 6.45) is 1.06. The fourth-order valence-electron chi connectivity index (χ4n) is 1.65. The lowest BCUT2D eigenvalue weighted by molar-refractivity contribution is 0.0525. The van der Waals surface area contributed by atoms with Gasteiger partial charge in [0.15, 0.2) is 11.6 Å². The van der Waals surface area contributed by atoms with Crippen molar-refractivity contribution in [3.63, 3.8) is 0 Å². The minimum absolute atomic E-state index is 0.0927. The van der Waals surface area contributed by atoms with Gasteiger partial charge >= 0.3 is 5.97 Å². The third-order valence-corrected chi connectivity index (χ3v) is 2.56. The molecular weight excluding hydrogens is 271 g/mol. The third kappa shape index (κ3) is 2.64. The lowest BCUT2D eigenvalue weighted by Gasteiger charge is -2.06. The van der Waals surface area contributed by atoms with Crippen LogP contribution in [0.3, 0.4) is 0 Å². The van der Waals surface area contributed by atoms with Crippen molar-refractivity contribution in [3.8, 4) is 11.3 Å². The van der Waals surface area contributed by atoms with Crippen molar-refractivity contribution in [2.24, 2.45) is 0 Å². The smallest absolute Gasteiger partial charge is 0.339 e. The Bertz CT molecular complexity index is 659. The van der Waals surface area contributed by atoms with E-state index in [1.165, 1.54) is 12.1 Å². The summed E-state index contributed by atoms with van der Waals surface area (Å²) in [5.74, 6) is -3.95. The van der Waals surface area contributed by atoms with Crippen LogP contribution in [0.1, 0.15) is 17.3 Å². The lowest BCUT2D eigenvalue weighted by atomic mass is 10.1. The van der Waals surface area contributed by atoms with Gasteiger partial charge in [0.2, 0.25) is 0 Å². The van der Waals surface area contributed by atoms with Crippen molar-refractivity contribution in [1.29, 1.82) is 0 Å². The summed E-state index contributed by atoms with van der Waals surface area (Å²) in [6, 6.07) is 4.25. The predicted molar refractivity (Wildman–Crippen MR) is 65.5 cm³/mol. The van der Waals surface area contributed by atoms with E-state index in [1.54, 1.807) is 6.92 Å². The number of ether oxygens (including phenoxy) is 1. The number of esters is 1. The second-order valence-electron chi connectivity index (χ2n) is 3.88. The number of rotatable bonds is 3. The molecule has 6 heteroatoms. The number of hydrogen-bond donors (Lipinski definition) is 0. The molecule has 0 fully saturated rings. The highest BCUT2D eigenvalue weighted by Crippen LogP contribution is 2.25. The fraction of sp³-hybridized carbons (Fsp3) is 0.143. The Morgan fingerprint density at radius 1 is 1.25 bits per heavy atom. The van der Waals surface area contributed by atoms with Crippen molar-refractivity contribution in [2.75, 3.05) is 6.61 Å². The summed E-state index contributed by atoms with van der Waals surface area (Å²) in [5, 5.41) is 0. The Balaban J connectivity index is 2.44. The van der Waals surface area contributed by atoms with Crippen molar-refractivity contribution in [1.82, 2.24) is 4.98 Å². The summed E-state index contributed by atoms with van der Waals surface area (Å²) in [5.41, 5.74) is -0.766. The first-order chi connectivity index (χ1) is 9.54. The zero-order valence-electron chi connectivity index (χ0n) is 10.5. The highest BCUT2D eigenvalue weighted by Gasteiger charge is 2.17. The van der Waals surface area contributed by atoms with E-state index in [1.807, 2.05) is 0 Å². The molecule has 104 valence electrons. The number of hydrogen-bond acceptors (Lipinski definition) is 3. The summed E-state index contributed by atoms with van der Waals surface area (Å²) in [6.45, 7) is 1.75. The second-order valence-corrected chi connectivity index (χ2v) is 3.88. The first-order valence-corrected chi connectivity index (χ1v) is 5.81. The molecule has 0 radical (unpaired) electrons. The maximum absolute atomic E-state index is 13.9. The third-order valence-electron chi connectivity index (χ3n) is 2.56. The summed E-state index contributed by atoms with van der Waals surface area (Å²) >= 11 is 0. The standard InChI is InChI=1S/C14H10F3NO2/c1-2-20-14(19)8-6-11(16)13(18-7-8)9-4-3-5-10(15)12(9)17/h3-7H,2H2,1H3. The molecule has 0 amide bonds. The van der Waals surface area contributed by atoms with Crippen molar-refractivity contribution >= 4 is 5.97 Å². The molecule has 0 saturated carbocycles. The number of aromatic nitrogens is 1. The van der Waals surface area contributed by atoms with Crippen LogP contribution in [0.15, 0.2) is 30.5 Å². The summed E-state index contributed by atoms with van der Waals surface area (Å²) in [7, 11) is 0. The normalized spacial score (nSPS) is 10.4. The number of pyridine rings is 1. The zero-order chi connectivity index (χ0) is 14.7. The number of carbonyl (C=O) groups is 1. The molecule has 0 aliphatic rings. The number of carbonyl (C=O) groups excluding carboxylic acids is 1. The van der Waals surface area contributed by atoms with Crippen LogP contribution in [-0.4, -0.2) is 17.6 Å². The Morgan fingerprint density at radius 2 is 2.00 bits per heavy atom. The molecule has 2 aromatic rings. The van der Waals surface area contributed by atoms with Crippen molar-refractivity contribution in [2.45, 2.75) is 6.92 Å². The SMILES string of the molecule is CCOC(=O)c1cnc(-c2cccc(F)c2F)c(F)c1. The van der Waals surface area contributed by atoms with E-state index in [9.17, 15) is 18.0 Å². The quantitative estimate of drug-likeness (QED) is 0.810. The van der Waals surface area contributed by atoms with Crippen LogP contribution in [0.4, 0.5) is 13.2 Å². The minimum atomic E-state index is -1.19. The largest absolute Gasteiger partial charge is 0.462 e. The number of benzene rings is 1. The van der Waals surface area contributed by atoms with Gasteiger partial charge in [-0.05, 0) is 25.1 Å². The van der Waals surface area contributed by atoms with Gasteiger partial charge in [-0.3, -0.25) is 4.98 Å². The minimum Gasteiger partial charge on any atom is -0.462 e. The van der Waals surface area contributed by atoms with Crippen LogP contribution in [0.25, 0.3) is 11.3 Å². The molecule has 0 atom stereocenters. The molecule has 0 spiro atoms. The molecule has 1 aromatic heterocycles. The first kappa shape index (κ1) is 14.0. The molecule has 20 heavy (non-hydrogen) atoms. The Kier molecular flexibility index (Phi) is 4.02. The lowest BCUT2D eigenvalue weighted by Crippen LogP contribution is -2.06. The van der Waals surface area contributed by atoms with E-state index in [4.69, 9.17) is 4.74 Å². The highest BCUT2D eigenvalue weighted by atomic mass is 19.2. The molecule has 0 bridgehead atoms. The highest BCUT2D eigenvalue weighted by molar-refractivity contribution is 5.89. The molecule has 0 aliphatic carbocycles. The van der Waals surface area contributed by atoms with Gasteiger partial charge in [0.1, 0.15) is 11.5 Å². The first-order valence-electron chi connectivity index (χ1n) is 5.81. The van der Waals surface area contributed by atoms with Crippen molar-refractivity contribution < 1.29 is 22.7 Å². The molecule has 0 aliphatic heterocycles. The molecule has 0 N–H and O–H groups in total. The van der Waals surface area contributed by atoms with Crippen LogP contribution in [0.5, 0.6) is 0 Å². The van der Waals surface area contributed by atoms with E-state index >= 15 is 0 Å². The summed E-state index contributed by atoms with van der Waals surface area (Å²) < 4.78 is 45.3. The van der Waals surface area contributed by atoms with Crippen LogP contribution in [0.2, 0.25) is 0 Å². The number of nitrogens with zero attached hydrogens (tertiary/aromatic N) is 1. The Morgan fingerprint density at radius 3 is 2.65 bits per heavy atom. The van der Waals surface area contributed by atoms with Crippen molar-refractivity contribution in [3.05, 3.63) is 53.5 Å². The molecule has 3 nitrogen and oxygen atoms in total. The van der Waals surface area contributed by atoms with Gasteiger partial charge in [-0.1, -0.05) is 6.07 Å². The predicted octanol–water partition coefficient (Wildman–Crippen LogP) is 3.34. The van der Waals surface area contributed by atoms with Gasteiger partial charge < -0.3 is 4.74 Å². The van der Waals surface area contributed by atoms with Gasteiger partial charge in [0, 0.05) is 11.8 Å². The monoisotopic (exact) mass is 281 g/mol. The van der Waals surface area contributed by atoms with Crippen LogP contribution in [-0.2, 0) is 4.74 Å². The van der Waals surface area contributed by atoms with E-state index in [0.717, 1.165) is 18.3 Å². The van der Waals surface area contributed by atoms with E-state index in [2.05, 4.69) is 4.98 Å². The van der Waals surface area contributed by atoms with E-state index < -0.39 is 23.4 Å². The van der Waals surface area contributed by atoms with E-state index in [-0.39, 0.29) is 23.4 Å². The zero-order valence-corrected chi connectivity index (χ0v) is 10.5. The van der Waals surface area contributed by atoms with Gasteiger partial charge in [0.05, 0.1) is 12.2 Å². The molecule has 0 unspecified atom stereocenters.